The summed E-state index contributed by atoms with van der Waals surface area (Å²) in [6, 6.07) is 18.6. The maximum absolute atomic E-state index is 12.8. The fraction of sp³-hybridized carbons (Fsp3) is 0.345. The molecule has 1 heterocycles. The zero-order chi connectivity index (χ0) is 23.8. The molecule has 1 unspecified atom stereocenters. The number of hydrogen-bond donors (Lipinski definition) is 1. The minimum Gasteiger partial charge on any atom is -0.497 e. The van der Waals surface area contributed by atoms with E-state index in [4.69, 9.17) is 9.47 Å². The Morgan fingerprint density at radius 1 is 1.00 bits per heavy atom. The number of ether oxygens (including phenoxy) is 2. The van der Waals surface area contributed by atoms with Gasteiger partial charge in [0.2, 0.25) is 5.91 Å². The van der Waals surface area contributed by atoms with Gasteiger partial charge in [-0.2, -0.15) is 0 Å². The minimum atomic E-state index is -0.369. The highest BCUT2D eigenvalue weighted by molar-refractivity contribution is 5.92. The van der Waals surface area contributed by atoms with E-state index in [0.29, 0.717) is 12.8 Å². The molecule has 0 spiro atoms. The molecule has 172 valence electrons. The molecule has 4 rings (SSSR count). The summed E-state index contributed by atoms with van der Waals surface area (Å²) in [5.41, 5.74) is 7.34. The van der Waals surface area contributed by atoms with Crippen LogP contribution in [0.15, 0.2) is 54.6 Å². The molecule has 3 aromatic rings. The van der Waals surface area contributed by atoms with Crippen LogP contribution in [0.2, 0.25) is 0 Å². The molecule has 1 amide bonds. The summed E-state index contributed by atoms with van der Waals surface area (Å²) in [4.78, 5) is 12.8. The number of anilines is 1. The first-order chi connectivity index (χ1) is 15.7. The maximum atomic E-state index is 12.8. The molecule has 33 heavy (non-hydrogen) atoms. The molecular weight excluding hydrogens is 410 g/mol. The lowest BCUT2D eigenvalue weighted by Crippen LogP contribution is -2.31. The van der Waals surface area contributed by atoms with Crippen molar-refractivity contribution in [1.82, 2.24) is 0 Å². The summed E-state index contributed by atoms with van der Waals surface area (Å²) < 4.78 is 11.7. The van der Waals surface area contributed by atoms with Crippen molar-refractivity contribution in [3.05, 3.63) is 88.0 Å². The molecule has 4 nitrogen and oxygen atoms in total. The van der Waals surface area contributed by atoms with E-state index in [1.165, 1.54) is 11.1 Å². The van der Waals surface area contributed by atoms with Crippen LogP contribution >= 0.6 is 0 Å². The third-order valence-corrected chi connectivity index (χ3v) is 6.73. The number of methoxy groups -OCH3 is 1. The summed E-state index contributed by atoms with van der Waals surface area (Å²) in [5.74, 6) is 1.88. The van der Waals surface area contributed by atoms with Crippen LogP contribution in [0, 0.1) is 20.8 Å². The lowest BCUT2D eigenvalue weighted by Gasteiger charge is -2.27. The summed E-state index contributed by atoms with van der Waals surface area (Å²) >= 11 is 0. The Hall–Kier alpha value is -3.27. The van der Waals surface area contributed by atoms with Gasteiger partial charge in [-0.25, -0.2) is 0 Å². The van der Waals surface area contributed by atoms with Gasteiger partial charge in [-0.15, -0.1) is 0 Å². The molecule has 1 aliphatic rings. The van der Waals surface area contributed by atoms with Crippen molar-refractivity contribution in [3.8, 4) is 11.5 Å². The van der Waals surface area contributed by atoms with E-state index in [1.54, 1.807) is 7.11 Å². The molecule has 1 aliphatic heterocycles. The van der Waals surface area contributed by atoms with Crippen LogP contribution in [0.25, 0.3) is 0 Å². The van der Waals surface area contributed by atoms with E-state index >= 15 is 0 Å². The van der Waals surface area contributed by atoms with Crippen molar-refractivity contribution in [3.63, 3.8) is 0 Å². The summed E-state index contributed by atoms with van der Waals surface area (Å²) in [6.45, 7) is 10.5. The molecule has 4 heteroatoms. The third kappa shape index (κ3) is 4.61. The predicted octanol–water partition coefficient (Wildman–Crippen LogP) is 6.49. The first-order valence-corrected chi connectivity index (χ1v) is 11.5. The fourth-order valence-corrected chi connectivity index (χ4v) is 4.70. The Kier molecular flexibility index (Phi) is 6.20. The van der Waals surface area contributed by atoms with E-state index < -0.39 is 0 Å². The second-order valence-electron chi connectivity index (χ2n) is 9.54. The monoisotopic (exact) mass is 443 g/mol. The smallest absolute Gasteiger partial charge is 0.224 e. The summed E-state index contributed by atoms with van der Waals surface area (Å²) in [5, 5.41) is 3.16. The number of amides is 1. The topological polar surface area (TPSA) is 47.6 Å². The second-order valence-corrected chi connectivity index (χ2v) is 9.54. The number of benzene rings is 3. The fourth-order valence-electron chi connectivity index (χ4n) is 4.70. The van der Waals surface area contributed by atoms with Gasteiger partial charge < -0.3 is 14.8 Å². The molecule has 0 aliphatic carbocycles. The van der Waals surface area contributed by atoms with Gasteiger partial charge >= 0.3 is 0 Å². The van der Waals surface area contributed by atoms with E-state index in [0.717, 1.165) is 39.4 Å². The van der Waals surface area contributed by atoms with Gasteiger partial charge in [0.05, 0.1) is 13.0 Å². The Labute approximate surface area is 196 Å². The number of carbonyl (C=O) groups excluding carboxylic acids is 1. The van der Waals surface area contributed by atoms with E-state index in [-0.39, 0.29) is 17.4 Å². The van der Waals surface area contributed by atoms with Crippen LogP contribution in [-0.4, -0.2) is 18.6 Å². The Bertz CT molecular complexity index is 1160. The molecule has 0 fully saturated rings. The lowest BCUT2D eigenvalue weighted by atomic mass is 9.80. The molecule has 0 aromatic heterocycles. The van der Waals surface area contributed by atoms with Crippen molar-refractivity contribution in [2.75, 3.05) is 12.4 Å². The molecular formula is C29H33NO3. The Morgan fingerprint density at radius 2 is 1.67 bits per heavy atom. The zero-order valence-electron chi connectivity index (χ0n) is 20.4. The molecule has 0 bridgehead atoms. The molecule has 3 aromatic carbocycles. The van der Waals surface area contributed by atoms with Crippen LogP contribution in [0.1, 0.15) is 59.6 Å². The largest absolute Gasteiger partial charge is 0.497 e. The number of aryl methyl sites for hydroxylation is 2. The van der Waals surface area contributed by atoms with Crippen LogP contribution in [0.4, 0.5) is 5.69 Å². The van der Waals surface area contributed by atoms with Crippen LogP contribution in [0.5, 0.6) is 11.5 Å². The maximum Gasteiger partial charge on any atom is 0.224 e. The van der Waals surface area contributed by atoms with Gasteiger partial charge in [0.15, 0.2) is 0 Å². The van der Waals surface area contributed by atoms with Crippen LogP contribution in [0.3, 0.4) is 0 Å². The summed E-state index contributed by atoms with van der Waals surface area (Å²) in [7, 11) is 1.65. The standard InChI is InChI=1S/C29H33NO3/c1-18-7-12-22(13-8-18)27-24-17-25(19(2)20(3)28(24)33-29(27,4)5)30-26(31)16-11-21-9-14-23(32-6)15-10-21/h7-10,12-15,17,27H,11,16H2,1-6H3,(H,30,31). The number of carbonyl (C=O) groups is 1. The average molecular weight is 444 g/mol. The number of fused-ring (bicyclic) bond motifs is 1. The number of rotatable bonds is 6. The van der Waals surface area contributed by atoms with Gasteiger partial charge in [0.25, 0.3) is 0 Å². The quantitative estimate of drug-likeness (QED) is 0.473. The van der Waals surface area contributed by atoms with E-state index in [1.807, 2.05) is 31.2 Å². The molecule has 0 saturated carbocycles. The van der Waals surface area contributed by atoms with Gasteiger partial charge in [-0.3, -0.25) is 4.79 Å². The van der Waals surface area contributed by atoms with Gasteiger partial charge in [0, 0.05) is 17.7 Å². The lowest BCUT2D eigenvalue weighted by molar-refractivity contribution is -0.116. The molecule has 1 atom stereocenters. The Balaban J connectivity index is 1.57. The first kappa shape index (κ1) is 22.9. The predicted molar refractivity (Wildman–Crippen MR) is 134 cm³/mol. The van der Waals surface area contributed by atoms with Crippen molar-refractivity contribution in [2.45, 2.75) is 59.0 Å². The van der Waals surface area contributed by atoms with Crippen molar-refractivity contribution >= 4 is 11.6 Å². The Morgan fingerprint density at radius 3 is 2.30 bits per heavy atom. The number of hydrogen-bond acceptors (Lipinski definition) is 3. The SMILES string of the molecule is COc1ccc(CCC(=O)Nc2cc3c(c(C)c2C)OC(C)(C)C3c2ccc(C)cc2)cc1. The van der Waals surface area contributed by atoms with Gasteiger partial charge in [0.1, 0.15) is 17.1 Å². The van der Waals surface area contributed by atoms with Gasteiger partial charge in [-0.1, -0.05) is 42.0 Å². The zero-order valence-corrected chi connectivity index (χ0v) is 20.4. The molecule has 0 radical (unpaired) electrons. The van der Waals surface area contributed by atoms with Crippen molar-refractivity contribution < 1.29 is 14.3 Å². The highest BCUT2D eigenvalue weighted by atomic mass is 16.5. The van der Waals surface area contributed by atoms with Crippen molar-refractivity contribution in [1.29, 1.82) is 0 Å². The third-order valence-electron chi connectivity index (χ3n) is 6.73. The van der Waals surface area contributed by atoms with Crippen molar-refractivity contribution in [2.24, 2.45) is 0 Å². The van der Waals surface area contributed by atoms with E-state index in [2.05, 4.69) is 63.3 Å². The second kappa shape index (κ2) is 8.93. The average Bonchev–Trinajstić information content (AvgIpc) is 3.07. The first-order valence-electron chi connectivity index (χ1n) is 11.5. The van der Waals surface area contributed by atoms with Crippen LogP contribution < -0.4 is 14.8 Å². The minimum absolute atomic E-state index is 0.0123. The summed E-state index contributed by atoms with van der Waals surface area (Å²) in [6.07, 6.45) is 1.10. The highest BCUT2D eigenvalue weighted by Crippen LogP contribution is 2.51. The molecule has 1 N–H and O–H groups in total. The van der Waals surface area contributed by atoms with E-state index in [9.17, 15) is 4.79 Å². The van der Waals surface area contributed by atoms with Gasteiger partial charge in [-0.05, 0) is 81.5 Å². The van der Waals surface area contributed by atoms with Crippen LogP contribution in [-0.2, 0) is 11.2 Å². The normalized spacial score (nSPS) is 16.1. The number of nitrogens with one attached hydrogen (secondary N) is 1. The highest BCUT2D eigenvalue weighted by Gasteiger charge is 2.43. The molecule has 0 saturated heterocycles.